The van der Waals surface area contributed by atoms with Gasteiger partial charge in [-0.25, -0.2) is 13.4 Å². The van der Waals surface area contributed by atoms with E-state index in [1.807, 2.05) is 0 Å². The molecule has 2 aromatic rings. The topological polar surface area (TPSA) is 80.5 Å². The summed E-state index contributed by atoms with van der Waals surface area (Å²) in [5.74, 6) is 0.0451. The third-order valence-corrected chi connectivity index (χ3v) is 6.15. The van der Waals surface area contributed by atoms with Crippen molar-refractivity contribution < 1.29 is 17.6 Å². The Kier molecular flexibility index (Phi) is 4.78. The Morgan fingerprint density at radius 3 is 2.88 bits per heavy atom. The lowest BCUT2D eigenvalue weighted by atomic mass is 9.98. The fourth-order valence-corrected chi connectivity index (χ4v) is 4.41. The van der Waals surface area contributed by atoms with Gasteiger partial charge in [0.25, 0.3) is 5.91 Å². The van der Waals surface area contributed by atoms with Crippen LogP contribution in [0.4, 0.5) is 0 Å². The summed E-state index contributed by atoms with van der Waals surface area (Å²) in [5, 5.41) is 2.97. The van der Waals surface area contributed by atoms with Gasteiger partial charge in [0, 0.05) is 30.6 Å². The molecule has 1 amide bonds. The van der Waals surface area contributed by atoms with Crippen LogP contribution < -0.4 is 0 Å². The van der Waals surface area contributed by atoms with Gasteiger partial charge >= 0.3 is 0 Å². The Morgan fingerprint density at radius 2 is 2.25 bits per heavy atom. The predicted octanol–water partition coefficient (Wildman–Crippen LogP) is 2.72. The molecule has 0 aliphatic carbocycles. The van der Waals surface area contributed by atoms with Gasteiger partial charge in [-0.15, -0.1) is 11.3 Å². The normalized spacial score (nSPS) is 18.8. The first-order valence-corrected chi connectivity index (χ1v) is 10.7. The van der Waals surface area contributed by atoms with Gasteiger partial charge in [0.05, 0.1) is 10.7 Å². The molecule has 0 spiro atoms. The number of carbonyl (C=O) groups is 1. The zero-order valence-electron chi connectivity index (χ0n) is 13.7. The Labute approximate surface area is 145 Å². The van der Waals surface area contributed by atoms with Crippen LogP contribution in [0.3, 0.4) is 0 Å². The first-order valence-electron chi connectivity index (χ1n) is 7.92. The predicted molar refractivity (Wildman–Crippen MR) is 91.2 cm³/mol. The molecule has 0 N–H and O–H groups in total. The molecule has 1 saturated heterocycles. The van der Waals surface area contributed by atoms with E-state index >= 15 is 0 Å². The summed E-state index contributed by atoms with van der Waals surface area (Å²) < 4.78 is 28.2. The van der Waals surface area contributed by atoms with Crippen LogP contribution in [0.1, 0.15) is 46.9 Å². The van der Waals surface area contributed by atoms with E-state index in [0.717, 1.165) is 36.2 Å². The molecule has 3 heterocycles. The average molecular weight is 368 g/mol. The number of thiazole rings is 1. The molecule has 8 heteroatoms. The molecule has 6 nitrogen and oxygen atoms in total. The fraction of sp³-hybridized carbons (Fsp3) is 0.500. The lowest BCUT2D eigenvalue weighted by molar-refractivity contribution is 0.0669. The molecule has 1 aliphatic heterocycles. The number of amides is 1. The second kappa shape index (κ2) is 6.68. The third-order valence-electron chi connectivity index (χ3n) is 4.15. The fourth-order valence-electron chi connectivity index (χ4n) is 2.83. The zero-order valence-corrected chi connectivity index (χ0v) is 15.3. The van der Waals surface area contributed by atoms with Crippen LogP contribution >= 0.6 is 11.3 Å². The molecule has 0 bridgehead atoms. The van der Waals surface area contributed by atoms with Gasteiger partial charge in [0.1, 0.15) is 0 Å². The number of sulfone groups is 1. The summed E-state index contributed by atoms with van der Waals surface area (Å²) >= 11 is 1.65. The van der Waals surface area contributed by atoms with Gasteiger partial charge in [-0.1, -0.05) is 6.92 Å². The van der Waals surface area contributed by atoms with Crippen LogP contribution in [-0.2, 0) is 16.3 Å². The molecule has 1 unspecified atom stereocenters. The minimum atomic E-state index is -3.45. The number of hydrogen-bond donors (Lipinski definition) is 0. The molecule has 130 valence electrons. The molecule has 0 aromatic carbocycles. The van der Waals surface area contributed by atoms with Crippen LogP contribution in [0.15, 0.2) is 27.0 Å². The van der Waals surface area contributed by atoms with E-state index in [1.54, 1.807) is 16.2 Å². The van der Waals surface area contributed by atoms with Crippen molar-refractivity contribution in [3.05, 3.63) is 34.0 Å². The summed E-state index contributed by atoms with van der Waals surface area (Å²) in [6, 6.07) is 2.76. The Hall–Kier alpha value is -1.67. The first kappa shape index (κ1) is 17.2. The van der Waals surface area contributed by atoms with E-state index in [2.05, 4.69) is 17.3 Å². The molecule has 24 heavy (non-hydrogen) atoms. The molecule has 0 saturated carbocycles. The molecule has 1 fully saturated rings. The lowest BCUT2D eigenvalue weighted by Crippen LogP contribution is -2.39. The number of hydrogen-bond acceptors (Lipinski definition) is 6. The van der Waals surface area contributed by atoms with Crippen molar-refractivity contribution in [3.8, 4) is 0 Å². The Morgan fingerprint density at radius 1 is 1.46 bits per heavy atom. The number of furan rings is 1. The highest BCUT2D eigenvalue weighted by Crippen LogP contribution is 2.30. The van der Waals surface area contributed by atoms with E-state index < -0.39 is 9.84 Å². The van der Waals surface area contributed by atoms with E-state index in [0.29, 0.717) is 13.1 Å². The lowest BCUT2D eigenvalue weighted by Gasteiger charge is -2.31. The number of carbonyl (C=O) groups excluding carboxylic acids is 1. The maximum atomic E-state index is 12.6. The average Bonchev–Trinajstić information content (AvgIpc) is 3.23. The van der Waals surface area contributed by atoms with Crippen LogP contribution in [0.2, 0.25) is 0 Å². The summed E-state index contributed by atoms with van der Waals surface area (Å²) in [6.45, 7) is 3.31. The smallest absolute Gasteiger partial charge is 0.289 e. The summed E-state index contributed by atoms with van der Waals surface area (Å²) in [4.78, 5) is 19.0. The van der Waals surface area contributed by atoms with Crippen molar-refractivity contribution in [1.82, 2.24) is 9.88 Å². The molecule has 2 aromatic heterocycles. The van der Waals surface area contributed by atoms with Gasteiger partial charge in [0.15, 0.2) is 5.76 Å². The zero-order chi connectivity index (χ0) is 17.3. The highest BCUT2D eigenvalue weighted by Gasteiger charge is 2.29. The van der Waals surface area contributed by atoms with E-state index in [4.69, 9.17) is 4.42 Å². The molecule has 0 radical (unpaired) electrons. The van der Waals surface area contributed by atoms with Crippen molar-refractivity contribution in [2.24, 2.45) is 0 Å². The van der Waals surface area contributed by atoms with Crippen molar-refractivity contribution in [3.63, 3.8) is 0 Å². The molecule has 1 atom stereocenters. The molecule has 3 rings (SSSR count). The highest BCUT2D eigenvalue weighted by molar-refractivity contribution is 7.90. The largest absolute Gasteiger partial charge is 0.440 e. The van der Waals surface area contributed by atoms with E-state index in [9.17, 15) is 13.2 Å². The molecule has 1 aliphatic rings. The number of aromatic nitrogens is 1. The van der Waals surface area contributed by atoms with Crippen molar-refractivity contribution in [1.29, 1.82) is 0 Å². The molecular formula is C16H20N2O4S2. The standard InChI is InChI=1S/C16H20N2O4S2/c1-3-12-10-23-15(17-12)11-5-4-8-18(9-11)16(19)13-6-7-14(22-13)24(2,20)21/h6-7,10-11H,3-5,8-9H2,1-2H3. The number of likely N-dealkylation sites (tertiary alicyclic amines) is 1. The van der Waals surface area contributed by atoms with Gasteiger partial charge in [-0.3, -0.25) is 4.79 Å². The number of piperidine rings is 1. The second-order valence-electron chi connectivity index (χ2n) is 6.01. The van der Waals surface area contributed by atoms with Gasteiger partial charge in [-0.05, 0) is 31.4 Å². The Bertz CT molecular complexity index is 838. The van der Waals surface area contributed by atoms with Gasteiger partial charge in [0.2, 0.25) is 14.9 Å². The number of rotatable bonds is 4. The quantitative estimate of drug-likeness (QED) is 0.829. The third kappa shape index (κ3) is 3.54. The van der Waals surface area contributed by atoms with Crippen LogP contribution in [0.25, 0.3) is 0 Å². The minimum Gasteiger partial charge on any atom is -0.440 e. The maximum Gasteiger partial charge on any atom is 0.289 e. The van der Waals surface area contributed by atoms with Crippen LogP contribution in [0.5, 0.6) is 0 Å². The van der Waals surface area contributed by atoms with Gasteiger partial charge in [-0.2, -0.15) is 0 Å². The van der Waals surface area contributed by atoms with Crippen LogP contribution in [-0.4, -0.2) is 43.6 Å². The van der Waals surface area contributed by atoms with Crippen molar-refractivity contribution in [2.75, 3.05) is 19.3 Å². The summed E-state index contributed by atoms with van der Waals surface area (Å²) in [7, 11) is -3.45. The van der Waals surface area contributed by atoms with E-state index in [1.165, 1.54) is 12.1 Å². The highest BCUT2D eigenvalue weighted by atomic mass is 32.2. The monoisotopic (exact) mass is 368 g/mol. The number of nitrogens with zero attached hydrogens (tertiary/aromatic N) is 2. The first-order chi connectivity index (χ1) is 11.4. The van der Waals surface area contributed by atoms with Crippen LogP contribution in [0, 0.1) is 0 Å². The summed E-state index contributed by atoms with van der Waals surface area (Å²) in [6.07, 6.45) is 3.88. The van der Waals surface area contributed by atoms with Crippen molar-refractivity contribution in [2.45, 2.75) is 37.2 Å². The minimum absolute atomic E-state index is 0.0736. The maximum absolute atomic E-state index is 12.6. The van der Waals surface area contributed by atoms with Gasteiger partial charge < -0.3 is 9.32 Å². The van der Waals surface area contributed by atoms with E-state index in [-0.39, 0.29) is 22.7 Å². The second-order valence-corrected chi connectivity index (χ2v) is 8.85. The summed E-state index contributed by atoms with van der Waals surface area (Å²) in [5.41, 5.74) is 1.09. The van der Waals surface area contributed by atoms with Crippen molar-refractivity contribution >= 4 is 27.1 Å². The number of aryl methyl sites for hydroxylation is 1. The molecular weight excluding hydrogens is 348 g/mol. The Balaban J connectivity index is 1.74. The SMILES string of the molecule is CCc1csc(C2CCCN(C(=O)c3ccc(S(C)(=O)=O)o3)C2)n1.